The van der Waals surface area contributed by atoms with Crippen LogP contribution in [0.4, 0.5) is 5.82 Å². The predicted molar refractivity (Wildman–Crippen MR) is 136 cm³/mol. The van der Waals surface area contributed by atoms with Crippen molar-refractivity contribution in [1.29, 1.82) is 0 Å². The van der Waals surface area contributed by atoms with Crippen LogP contribution in [0.1, 0.15) is 24.6 Å². The van der Waals surface area contributed by atoms with Gasteiger partial charge in [-0.3, -0.25) is 0 Å². The summed E-state index contributed by atoms with van der Waals surface area (Å²) in [6.45, 7) is 3.60. The fourth-order valence-electron chi connectivity index (χ4n) is 4.61. The quantitative estimate of drug-likeness (QED) is 0.400. The predicted octanol–water partition coefficient (Wildman–Crippen LogP) is 4.89. The second-order valence-corrected chi connectivity index (χ2v) is 10.6. The number of nitrogens with zero attached hydrogens (tertiary/aromatic N) is 4. The number of hydrogen-bond donors (Lipinski definition) is 0. The molecular weight excluding hydrogens is 444 g/mol. The molecule has 3 aromatic carbocycles. The molecule has 4 aromatic rings. The van der Waals surface area contributed by atoms with Gasteiger partial charge >= 0.3 is 0 Å². The second-order valence-electron chi connectivity index (χ2n) is 8.65. The van der Waals surface area contributed by atoms with Crippen LogP contribution in [0, 0.1) is 0 Å². The summed E-state index contributed by atoms with van der Waals surface area (Å²) >= 11 is 0. The lowest BCUT2D eigenvalue weighted by molar-refractivity contribution is 0.387. The molecule has 0 radical (unpaired) electrons. The van der Waals surface area contributed by atoms with Crippen molar-refractivity contribution in [1.82, 2.24) is 14.3 Å². The third-order valence-corrected chi connectivity index (χ3v) is 8.23. The highest BCUT2D eigenvalue weighted by atomic mass is 32.2. The van der Waals surface area contributed by atoms with Crippen LogP contribution in [0.25, 0.3) is 22.2 Å². The molecule has 0 saturated heterocycles. The monoisotopic (exact) mass is 472 g/mol. The second kappa shape index (κ2) is 9.16. The topological polar surface area (TPSA) is 66.4 Å². The van der Waals surface area contributed by atoms with Gasteiger partial charge in [0.05, 0.1) is 10.6 Å². The van der Waals surface area contributed by atoms with Crippen LogP contribution >= 0.6 is 0 Å². The molecule has 0 amide bonds. The van der Waals surface area contributed by atoms with Crippen molar-refractivity contribution in [3.8, 4) is 11.4 Å². The van der Waals surface area contributed by atoms with E-state index in [-0.39, 0.29) is 6.54 Å². The Labute approximate surface area is 200 Å². The first-order chi connectivity index (χ1) is 16.5. The summed E-state index contributed by atoms with van der Waals surface area (Å²) in [5.41, 5.74) is 2.78. The lowest BCUT2D eigenvalue weighted by atomic mass is 10.1. The molecule has 0 fully saturated rings. The number of fused-ring (bicyclic) bond motifs is 2. The van der Waals surface area contributed by atoms with Crippen molar-refractivity contribution in [2.24, 2.45) is 0 Å². The molecule has 5 rings (SSSR count). The smallest absolute Gasteiger partial charge is 0.244 e. The van der Waals surface area contributed by atoms with Crippen molar-refractivity contribution < 1.29 is 8.42 Å². The van der Waals surface area contributed by atoms with Gasteiger partial charge in [0.25, 0.3) is 0 Å². The van der Waals surface area contributed by atoms with Gasteiger partial charge < -0.3 is 4.90 Å². The third-order valence-electron chi connectivity index (χ3n) is 6.32. The lowest BCUT2D eigenvalue weighted by Crippen LogP contribution is -2.38. The zero-order chi connectivity index (χ0) is 23.7. The molecule has 0 atom stereocenters. The molecule has 1 aliphatic heterocycles. The molecule has 0 bridgehead atoms. The van der Waals surface area contributed by atoms with E-state index in [0.29, 0.717) is 23.7 Å². The first-order valence-corrected chi connectivity index (χ1v) is 13.1. The highest BCUT2D eigenvalue weighted by Crippen LogP contribution is 2.33. The Morgan fingerprint density at radius 3 is 2.47 bits per heavy atom. The van der Waals surface area contributed by atoms with Crippen LogP contribution in [0.15, 0.2) is 77.7 Å². The van der Waals surface area contributed by atoms with Crippen LogP contribution in [-0.2, 0) is 23.0 Å². The van der Waals surface area contributed by atoms with Gasteiger partial charge in [0.2, 0.25) is 10.0 Å². The number of sulfonamides is 1. The minimum Gasteiger partial charge on any atom is -0.359 e. The minimum atomic E-state index is -3.69. The highest BCUT2D eigenvalue weighted by Gasteiger charge is 2.32. The van der Waals surface area contributed by atoms with Gasteiger partial charge in [0.15, 0.2) is 5.82 Å². The number of hydrogen-bond acceptors (Lipinski definition) is 5. The third kappa shape index (κ3) is 4.06. The van der Waals surface area contributed by atoms with E-state index in [1.54, 1.807) is 10.4 Å². The normalized spacial score (nSPS) is 14.2. The van der Waals surface area contributed by atoms with Crippen LogP contribution in [0.5, 0.6) is 0 Å². The van der Waals surface area contributed by atoms with Gasteiger partial charge in [0, 0.05) is 49.6 Å². The van der Waals surface area contributed by atoms with E-state index in [4.69, 9.17) is 9.97 Å². The Morgan fingerprint density at radius 1 is 0.941 bits per heavy atom. The lowest BCUT2D eigenvalue weighted by Gasteiger charge is -2.31. The first-order valence-electron chi connectivity index (χ1n) is 11.6. The number of benzene rings is 3. The molecule has 1 aromatic heterocycles. The zero-order valence-corrected chi connectivity index (χ0v) is 20.3. The number of rotatable bonds is 6. The maximum atomic E-state index is 13.8. The summed E-state index contributed by atoms with van der Waals surface area (Å²) in [5.74, 6) is 1.49. The molecule has 34 heavy (non-hydrogen) atoms. The molecule has 6 nitrogen and oxygen atoms in total. The van der Waals surface area contributed by atoms with Crippen molar-refractivity contribution in [2.45, 2.75) is 31.2 Å². The van der Waals surface area contributed by atoms with Crippen molar-refractivity contribution in [2.75, 3.05) is 25.0 Å². The summed E-state index contributed by atoms with van der Waals surface area (Å²) in [6.07, 6.45) is 1.52. The Balaban J connectivity index is 1.58. The SMILES string of the molecule is CCCN(C)c1nc(-c2ccccc2)nc2c1CN(S(=O)(=O)c1cccc3ccccc13)CC2. The van der Waals surface area contributed by atoms with Crippen LogP contribution in [-0.4, -0.2) is 42.8 Å². The summed E-state index contributed by atoms with van der Waals surface area (Å²) < 4.78 is 29.1. The van der Waals surface area contributed by atoms with Gasteiger partial charge in [-0.25, -0.2) is 18.4 Å². The maximum Gasteiger partial charge on any atom is 0.244 e. The largest absolute Gasteiger partial charge is 0.359 e. The average molecular weight is 473 g/mol. The summed E-state index contributed by atoms with van der Waals surface area (Å²) in [4.78, 5) is 12.2. The Kier molecular flexibility index (Phi) is 6.06. The Bertz CT molecular complexity index is 1430. The van der Waals surface area contributed by atoms with Gasteiger partial charge in [-0.05, 0) is 17.9 Å². The summed E-state index contributed by atoms with van der Waals surface area (Å²) in [5, 5.41) is 1.66. The molecule has 7 heteroatoms. The average Bonchev–Trinajstić information content (AvgIpc) is 2.88. The molecule has 1 aliphatic rings. The summed E-state index contributed by atoms with van der Waals surface area (Å²) in [7, 11) is -1.68. The molecular formula is C27H28N4O2S. The van der Waals surface area contributed by atoms with Gasteiger partial charge in [-0.15, -0.1) is 0 Å². The van der Waals surface area contributed by atoms with E-state index >= 15 is 0 Å². The van der Waals surface area contributed by atoms with Gasteiger partial charge in [0.1, 0.15) is 5.82 Å². The van der Waals surface area contributed by atoms with E-state index < -0.39 is 10.0 Å². The summed E-state index contributed by atoms with van der Waals surface area (Å²) in [6, 6.07) is 23.0. The van der Waals surface area contributed by atoms with Crippen molar-refractivity contribution >= 4 is 26.6 Å². The van der Waals surface area contributed by atoms with Gasteiger partial charge in [-0.2, -0.15) is 4.31 Å². The molecule has 0 saturated carbocycles. The molecule has 0 aliphatic carbocycles. The van der Waals surface area contributed by atoms with E-state index in [9.17, 15) is 8.42 Å². The van der Waals surface area contributed by atoms with Gasteiger partial charge in [-0.1, -0.05) is 73.7 Å². The molecule has 0 spiro atoms. The molecule has 174 valence electrons. The zero-order valence-electron chi connectivity index (χ0n) is 19.5. The fourth-order valence-corrected chi connectivity index (χ4v) is 6.23. The maximum absolute atomic E-state index is 13.8. The van der Waals surface area contributed by atoms with Crippen LogP contribution in [0.2, 0.25) is 0 Å². The standard InChI is InChI=1S/C27H28N4O2S/c1-3-17-30(2)27-23-19-31(18-16-24(23)28-26(29-27)21-11-5-4-6-12-21)34(32,33)25-15-9-13-20-10-7-8-14-22(20)25/h4-15H,3,16-19H2,1-2H3. The number of aromatic nitrogens is 2. The van der Waals surface area contributed by atoms with Crippen molar-refractivity contribution in [3.05, 3.63) is 84.1 Å². The highest BCUT2D eigenvalue weighted by molar-refractivity contribution is 7.89. The molecule has 2 heterocycles. The van der Waals surface area contributed by atoms with Crippen molar-refractivity contribution in [3.63, 3.8) is 0 Å². The van der Waals surface area contributed by atoms with E-state index in [2.05, 4.69) is 11.8 Å². The van der Waals surface area contributed by atoms with E-state index in [1.807, 2.05) is 73.8 Å². The molecule has 0 unspecified atom stereocenters. The first kappa shape index (κ1) is 22.5. The van der Waals surface area contributed by atoms with Crippen LogP contribution in [0.3, 0.4) is 0 Å². The Hall–Kier alpha value is -3.29. The fraction of sp³-hybridized carbons (Fsp3) is 0.259. The minimum absolute atomic E-state index is 0.263. The van der Waals surface area contributed by atoms with Crippen LogP contribution < -0.4 is 4.90 Å². The van der Waals surface area contributed by atoms with E-state index in [0.717, 1.165) is 46.4 Å². The Morgan fingerprint density at radius 2 is 1.68 bits per heavy atom. The number of anilines is 1. The van der Waals surface area contributed by atoms with E-state index in [1.165, 1.54) is 0 Å². The molecule has 0 N–H and O–H groups in total.